The molecule has 41 heavy (non-hydrogen) atoms. The second-order valence-corrected chi connectivity index (χ2v) is 12.0. The number of nitrogens with zero attached hydrogens (tertiary/aromatic N) is 3. The smallest absolute Gasteiger partial charge is 0.293 e. The fourth-order valence-electron chi connectivity index (χ4n) is 6.19. The van der Waals surface area contributed by atoms with Gasteiger partial charge in [0.05, 0.1) is 9.80 Å². The largest absolute Gasteiger partial charge is 0.361 e. The number of amides is 1. The number of hydrogen-bond acceptors (Lipinski definition) is 6. The van der Waals surface area contributed by atoms with Crippen molar-refractivity contribution in [1.29, 1.82) is 0 Å². The molecule has 4 aromatic rings. The van der Waals surface area contributed by atoms with Crippen molar-refractivity contribution in [2.24, 2.45) is 5.73 Å². The summed E-state index contributed by atoms with van der Waals surface area (Å²) in [5.74, 6) is 0.0500. The number of thiophene rings is 1. The summed E-state index contributed by atoms with van der Waals surface area (Å²) in [7, 11) is 0. The Morgan fingerprint density at radius 1 is 0.951 bits per heavy atom. The molecular weight excluding hydrogens is 532 g/mol. The first-order chi connectivity index (χ1) is 20.0. The number of anilines is 1. The number of nitrogens with two attached hydrogens (primary N) is 1. The molecule has 0 spiro atoms. The minimum Gasteiger partial charge on any atom is -0.361 e. The van der Waals surface area contributed by atoms with Crippen LogP contribution in [-0.2, 0) is 19.5 Å². The van der Waals surface area contributed by atoms with Gasteiger partial charge in [-0.15, -0.1) is 11.3 Å². The Balaban J connectivity index is 1.27. The van der Waals surface area contributed by atoms with Crippen LogP contribution in [0.3, 0.4) is 0 Å². The van der Waals surface area contributed by atoms with E-state index < -0.39 is 0 Å². The fourth-order valence-corrected chi connectivity index (χ4v) is 6.86. The average molecular weight is 567 g/mol. The van der Waals surface area contributed by atoms with Crippen LogP contribution in [0.2, 0.25) is 0 Å². The molecule has 1 aliphatic heterocycles. The molecule has 0 radical (unpaired) electrons. The molecule has 6 rings (SSSR count). The van der Waals surface area contributed by atoms with Crippen molar-refractivity contribution in [3.63, 3.8) is 0 Å². The summed E-state index contributed by atoms with van der Waals surface area (Å²) < 4.78 is 0. The number of benzene rings is 3. The molecule has 1 aliphatic carbocycles. The van der Waals surface area contributed by atoms with Crippen molar-refractivity contribution in [1.82, 2.24) is 4.90 Å². The molecule has 1 saturated carbocycles. The first-order valence-electron chi connectivity index (χ1n) is 14.3. The van der Waals surface area contributed by atoms with E-state index in [0.29, 0.717) is 18.8 Å². The van der Waals surface area contributed by atoms with Crippen LogP contribution >= 0.6 is 11.3 Å². The van der Waals surface area contributed by atoms with Crippen LogP contribution in [0.25, 0.3) is 11.1 Å². The van der Waals surface area contributed by atoms with Gasteiger partial charge >= 0.3 is 0 Å². The molecule has 0 atom stereocenters. The standard InChI is InChI=1S/C33H34N4O3S/c34-28-11-13-29(14-12-28)36(33(38)32-9-4-18-41-32)21-23-5-3-8-25(19-23)26-10-15-30(31(20-26)37(39)40)35-17-16-24-6-1-2-7-27(24)22-35/h1-10,15,18-20,28-29H,11-14,16-17,21-22,34H2. The lowest BCUT2D eigenvalue weighted by Gasteiger charge is -2.36. The maximum Gasteiger partial charge on any atom is 0.293 e. The number of carbonyl (C=O) groups excluding carboxylic acids is 1. The first-order valence-corrected chi connectivity index (χ1v) is 15.1. The Hall–Kier alpha value is -4.01. The quantitative estimate of drug-likeness (QED) is 0.196. The van der Waals surface area contributed by atoms with Gasteiger partial charge in [-0.3, -0.25) is 14.9 Å². The lowest BCUT2D eigenvalue weighted by atomic mass is 9.90. The van der Waals surface area contributed by atoms with Gasteiger partial charge in [0, 0.05) is 37.8 Å². The van der Waals surface area contributed by atoms with E-state index in [9.17, 15) is 14.9 Å². The van der Waals surface area contributed by atoms with Crippen LogP contribution in [0.15, 0.2) is 84.2 Å². The molecule has 2 aliphatic rings. The minimum absolute atomic E-state index is 0.0500. The lowest BCUT2D eigenvalue weighted by Crippen LogP contribution is -2.43. The molecule has 0 unspecified atom stereocenters. The highest BCUT2D eigenvalue weighted by molar-refractivity contribution is 7.12. The predicted molar refractivity (Wildman–Crippen MR) is 164 cm³/mol. The molecule has 2 N–H and O–H groups in total. The van der Waals surface area contributed by atoms with E-state index in [1.807, 2.05) is 64.9 Å². The minimum atomic E-state index is -0.279. The average Bonchev–Trinajstić information content (AvgIpc) is 3.55. The van der Waals surface area contributed by atoms with E-state index in [-0.39, 0.29) is 28.6 Å². The van der Waals surface area contributed by atoms with Gasteiger partial charge in [0.1, 0.15) is 5.69 Å². The summed E-state index contributed by atoms with van der Waals surface area (Å²) in [6, 6.07) is 26.0. The van der Waals surface area contributed by atoms with Crippen LogP contribution < -0.4 is 10.6 Å². The van der Waals surface area contributed by atoms with E-state index >= 15 is 0 Å². The number of hydrogen-bond donors (Lipinski definition) is 1. The topological polar surface area (TPSA) is 92.7 Å². The summed E-state index contributed by atoms with van der Waals surface area (Å²) >= 11 is 1.46. The molecule has 210 valence electrons. The Labute approximate surface area is 244 Å². The van der Waals surface area contributed by atoms with Crippen molar-refractivity contribution < 1.29 is 9.72 Å². The highest BCUT2D eigenvalue weighted by Crippen LogP contribution is 2.36. The molecule has 1 aromatic heterocycles. The number of carbonyl (C=O) groups is 1. The molecule has 7 nitrogen and oxygen atoms in total. The molecule has 1 fully saturated rings. The molecular formula is C33H34N4O3S. The summed E-state index contributed by atoms with van der Waals surface area (Å²) in [4.78, 5) is 30.3. The van der Waals surface area contributed by atoms with Gasteiger partial charge in [-0.1, -0.05) is 54.6 Å². The second-order valence-electron chi connectivity index (χ2n) is 11.1. The molecule has 2 heterocycles. The van der Waals surface area contributed by atoms with E-state index in [2.05, 4.69) is 23.1 Å². The van der Waals surface area contributed by atoms with Gasteiger partial charge in [0.15, 0.2) is 0 Å². The van der Waals surface area contributed by atoms with Crippen molar-refractivity contribution in [2.75, 3.05) is 11.4 Å². The fraction of sp³-hybridized carbons (Fsp3) is 0.303. The van der Waals surface area contributed by atoms with E-state index in [0.717, 1.165) is 60.2 Å². The highest BCUT2D eigenvalue weighted by atomic mass is 32.1. The van der Waals surface area contributed by atoms with Gasteiger partial charge in [-0.2, -0.15) is 0 Å². The van der Waals surface area contributed by atoms with Crippen LogP contribution in [0.4, 0.5) is 11.4 Å². The molecule has 0 saturated heterocycles. The third-order valence-corrected chi connectivity index (χ3v) is 9.29. The maximum atomic E-state index is 13.6. The van der Waals surface area contributed by atoms with Crippen molar-refractivity contribution in [3.05, 3.63) is 116 Å². The first kappa shape index (κ1) is 27.2. The molecule has 1 amide bonds. The Morgan fingerprint density at radius 3 is 2.49 bits per heavy atom. The highest BCUT2D eigenvalue weighted by Gasteiger charge is 2.29. The predicted octanol–water partition coefficient (Wildman–Crippen LogP) is 6.80. The van der Waals surface area contributed by atoms with Gasteiger partial charge < -0.3 is 15.5 Å². The Kier molecular flexibility index (Phi) is 7.85. The van der Waals surface area contributed by atoms with Crippen LogP contribution in [0.1, 0.15) is 52.0 Å². The van der Waals surface area contributed by atoms with Crippen molar-refractivity contribution in [3.8, 4) is 11.1 Å². The number of nitro groups is 1. The number of rotatable bonds is 7. The van der Waals surface area contributed by atoms with Gasteiger partial charge in [-0.05, 0) is 83.5 Å². The number of nitro benzene ring substituents is 1. The summed E-state index contributed by atoms with van der Waals surface area (Å²) in [6.45, 7) is 1.89. The van der Waals surface area contributed by atoms with Gasteiger partial charge in [0.2, 0.25) is 0 Å². The zero-order chi connectivity index (χ0) is 28.3. The zero-order valence-corrected chi connectivity index (χ0v) is 23.8. The lowest BCUT2D eigenvalue weighted by molar-refractivity contribution is -0.384. The number of fused-ring (bicyclic) bond motifs is 1. The monoisotopic (exact) mass is 566 g/mol. The Bertz CT molecular complexity index is 1550. The van der Waals surface area contributed by atoms with Gasteiger partial charge in [0.25, 0.3) is 11.6 Å². The molecule has 0 bridgehead atoms. The normalized spacial score (nSPS) is 18.5. The maximum absolute atomic E-state index is 13.6. The third kappa shape index (κ3) is 5.89. The second kappa shape index (κ2) is 11.8. The molecule has 3 aromatic carbocycles. The molecule has 8 heteroatoms. The van der Waals surface area contributed by atoms with Crippen LogP contribution in [0.5, 0.6) is 0 Å². The van der Waals surface area contributed by atoms with Crippen LogP contribution in [0, 0.1) is 10.1 Å². The van der Waals surface area contributed by atoms with E-state index in [1.165, 1.54) is 22.5 Å². The zero-order valence-electron chi connectivity index (χ0n) is 22.9. The van der Waals surface area contributed by atoms with Crippen LogP contribution in [-0.4, -0.2) is 34.4 Å². The summed E-state index contributed by atoms with van der Waals surface area (Å²) in [5.41, 5.74) is 12.1. The Morgan fingerprint density at radius 2 is 1.73 bits per heavy atom. The van der Waals surface area contributed by atoms with Crippen molar-refractivity contribution >= 4 is 28.6 Å². The van der Waals surface area contributed by atoms with E-state index in [1.54, 1.807) is 6.07 Å². The SMILES string of the molecule is NC1CCC(N(Cc2cccc(-c3ccc(N4CCc5ccccc5C4)c([N+](=O)[O-])c3)c2)C(=O)c2cccs2)CC1. The van der Waals surface area contributed by atoms with Crippen molar-refractivity contribution in [2.45, 2.75) is 57.3 Å². The van der Waals surface area contributed by atoms with E-state index in [4.69, 9.17) is 5.73 Å². The summed E-state index contributed by atoms with van der Waals surface area (Å²) in [5, 5.41) is 14.2. The third-order valence-electron chi connectivity index (χ3n) is 8.43. The van der Waals surface area contributed by atoms with Gasteiger partial charge in [-0.25, -0.2) is 0 Å². The summed E-state index contributed by atoms with van der Waals surface area (Å²) in [6.07, 6.45) is 4.49.